The number of thiocarbonyl (C=S) groups is 1. The quantitative estimate of drug-likeness (QED) is 0.768. The molecule has 2 N–H and O–H groups in total. The highest BCUT2D eigenvalue weighted by Crippen LogP contribution is 2.11. The van der Waals surface area contributed by atoms with E-state index >= 15 is 0 Å². The third-order valence-electron chi connectivity index (χ3n) is 2.71. The van der Waals surface area contributed by atoms with Crippen LogP contribution in [0, 0.1) is 5.82 Å². The smallest absolute Gasteiger partial charge is 0.124 e. The molecule has 1 aromatic rings. The highest BCUT2D eigenvalue weighted by atomic mass is 32.1. The summed E-state index contributed by atoms with van der Waals surface area (Å²) in [7, 11) is 1.67. The molecule has 0 amide bonds. The molecule has 0 saturated carbocycles. The Morgan fingerprint density at radius 2 is 2.17 bits per heavy atom. The van der Waals surface area contributed by atoms with Gasteiger partial charge in [-0.15, -0.1) is 0 Å². The molecule has 1 rings (SSSR count). The number of hydrogen-bond acceptors (Lipinski definition) is 3. The van der Waals surface area contributed by atoms with Crippen LogP contribution in [-0.4, -0.2) is 36.7 Å². The normalized spacial score (nSPS) is 10.9. The summed E-state index contributed by atoms with van der Waals surface area (Å²) in [5, 5.41) is 0. The number of nitrogens with two attached hydrogens (primary N) is 1. The molecule has 1 aromatic carbocycles. The van der Waals surface area contributed by atoms with Gasteiger partial charge in [-0.05, 0) is 30.3 Å². The third-order valence-corrected chi connectivity index (χ3v) is 2.94. The van der Waals surface area contributed by atoms with Gasteiger partial charge in [0.15, 0.2) is 0 Å². The van der Waals surface area contributed by atoms with Crippen LogP contribution >= 0.6 is 12.2 Å². The molecule has 0 aliphatic carbocycles. The Morgan fingerprint density at radius 3 is 2.72 bits per heavy atom. The summed E-state index contributed by atoms with van der Waals surface area (Å²) in [6.45, 7) is 5.07. The van der Waals surface area contributed by atoms with Crippen molar-refractivity contribution in [3.63, 3.8) is 0 Å². The lowest BCUT2D eigenvalue weighted by Gasteiger charge is -2.20. The Kier molecular flexibility index (Phi) is 6.18. The van der Waals surface area contributed by atoms with E-state index in [4.69, 9.17) is 22.7 Å². The van der Waals surface area contributed by atoms with Crippen molar-refractivity contribution in [3.05, 3.63) is 35.1 Å². The summed E-state index contributed by atoms with van der Waals surface area (Å²) in [6, 6.07) is 4.70. The maximum atomic E-state index is 13.4. The highest BCUT2D eigenvalue weighted by Gasteiger charge is 2.07. The van der Waals surface area contributed by atoms with Crippen LogP contribution in [0.15, 0.2) is 18.2 Å². The van der Waals surface area contributed by atoms with E-state index in [2.05, 4.69) is 11.8 Å². The molecular weight excluding hydrogens is 251 g/mol. The average Bonchev–Trinajstić information content (AvgIpc) is 2.33. The monoisotopic (exact) mass is 270 g/mol. The molecule has 100 valence electrons. The maximum Gasteiger partial charge on any atom is 0.124 e. The molecule has 0 fully saturated rings. The number of nitrogens with zero attached hydrogens (tertiary/aromatic N) is 1. The number of likely N-dealkylation sites (N-methyl/N-ethyl adjacent to an activating group) is 1. The maximum absolute atomic E-state index is 13.4. The zero-order chi connectivity index (χ0) is 13.5. The van der Waals surface area contributed by atoms with Crippen molar-refractivity contribution in [1.29, 1.82) is 0 Å². The number of hydrogen-bond donors (Lipinski definition) is 1. The van der Waals surface area contributed by atoms with Gasteiger partial charge in [0.05, 0.1) is 6.61 Å². The largest absolute Gasteiger partial charge is 0.389 e. The van der Waals surface area contributed by atoms with Crippen LogP contribution in [0.2, 0.25) is 0 Å². The van der Waals surface area contributed by atoms with Gasteiger partial charge >= 0.3 is 0 Å². The second kappa shape index (κ2) is 7.41. The van der Waals surface area contributed by atoms with Gasteiger partial charge in [-0.25, -0.2) is 4.39 Å². The molecule has 3 nitrogen and oxygen atoms in total. The Labute approximate surface area is 113 Å². The van der Waals surface area contributed by atoms with E-state index in [9.17, 15) is 4.39 Å². The molecule has 18 heavy (non-hydrogen) atoms. The van der Waals surface area contributed by atoms with E-state index in [1.54, 1.807) is 7.11 Å². The van der Waals surface area contributed by atoms with Crippen molar-refractivity contribution in [1.82, 2.24) is 4.90 Å². The molecule has 0 aliphatic heterocycles. The van der Waals surface area contributed by atoms with Crippen LogP contribution in [0.1, 0.15) is 18.1 Å². The first-order valence-electron chi connectivity index (χ1n) is 5.87. The minimum absolute atomic E-state index is 0.218. The van der Waals surface area contributed by atoms with Crippen molar-refractivity contribution in [2.75, 3.05) is 26.8 Å². The fourth-order valence-corrected chi connectivity index (χ4v) is 1.83. The molecule has 0 saturated heterocycles. The summed E-state index contributed by atoms with van der Waals surface area (Å²) in [5.41, 5.74) is 6.97. The fourth-order valence-electron chi connectivity index (χ4n) is 1.71. The van der Waals surface area contributed by atoms with Gasteiger partial charge in [-0.3, -0.25) is 4.90 Å². The van der Waals surface area contributed by atoms with Crippen LogP contribution in [0.25, 0.3) is 0 Å². The second-order valence-electron chi connectivity index (χ2n) is 4.07. The lowest BCUT2D eigenvalue weighted by atomic mass is 10.1. The molecule has 5 heteroatoms. The van der Waals surface area contributed by atoms with E-state index in [0.717, 1.165) is 18.7 Å². The zero-order valence-corrected chi connectivity index (χ0v) is 11.6. The van der Waals surface area contributed by atoms with Crippen LogP contribution in [0.4, 0.5) is 4.39 Å². The van der Waals surface area contributed by atoms with Gasteiger partial charge in [0, 0.05) is 25.8 Å². The number of ether oxygens (including phenoxy) is 1. The third kappa shape index (κ3) is 4.68. The first-order valence-corrected chi connectivity index (χ1v) is 6.28. The van der Waals surface area contributed by atoms with Crippen molar-refractivity contribution in [2.24, 2.45) is 5.73 Å². The molecule has 0 spiro atoms. The molecule has 0 heterocycles. The van der Waals surface area contributed by atoms with E-state index in [1.165, 1.54) is 12.1 Å². The Morgan fingerprint density at radius 1 is 1.44 bits per heavy atom. The van der Waals surface area contributed by atoms with E-state index < -0.39 is 0 Å². The predicted octanol–water partition coefficient (Wildman–Crippen LogP) is 1.93. The second-order valence-corrected chi connectivity index (χ2v) is 4.51. The first-order chi connectivity index (χ1) is 8.56. The molecule has 0 aromatic heterocycles. The molecular formula is C13H19FN2OS. The topological polar surface area (TPSA) is 38.5 Å². The SMILES string of the molecule is CCN(CCOC)Cc1cc(F)cc(C(N)=S)c1. The van der Waals surface area contributed by atoms with E-state index in [-0.39, 0.29) is 10.8 Å². The summed E-state index contributed by atoms with van der Waals surface area (Å²) in [5.74, 6) is -0.307. The van der Waals surface area contributed by atoms with Gasteiger partial charge in [0.25, 0.3) is 0 Å². The zero-order valence-electron chi connectivity index (χ0n) is 10.8. The predicted molar refractivity (Wildman–Crippen MR) is 75.1 cm³/mol. The van der Waals surface area contributed by atoms with Crippen molar-refractivity contribution >= 4 is 17.2 Å². The van der Waals surface area contributed by atoms with Gasteiger partial charge in [-0.2, -0.15) is 0 Å². The first kappa shape index (κ1) is 15.0. The fraction of sp³-hybridized carbons (Fsp3) is 0.462. The van der Waals surface area contributed by atoms with Crippen LogP contribution in [0.3, 0.4) is 0 Å². The number of halogens is 1. The summed E-state index contributed by atoms with van der Waals surface area (Å²) >= 11 is 4.87. The minimum atomic E-state index is -0.307. The minimum Gasteiger partial charge on any atom is -0.389 e. The lowest BCUT2D eigenvalue weighted by Crippen LogP contribution is -2.27. The number of rotatable bonds is 7. The van der Waals surface area contributed by atoms with Gasteiger partial charge in [0.2, 0.25) is 0 Å². The number of benzene rings is 1. The van der Waals surface area contributed by atoms with Crippen molar-refractivity contribution < 1.29 is 9.13 Å². The Bertz CT molecular complexity index is 412. The van der Waals surface area contributed by atoms with Gasteiger partial charge in [-0.1, -0.05) is 19.1 Å². The van der Waals surface area contributed by atoms with Crippen molar-refractivity contribution in [3.8, 4) is 0 Å². The van der Waals surface area contributed by atoms with Crippen LogP contribution < -0.4 is 5.73 Å². The summed E-state index contributed by atoms with van der Waals surface area (Å²) in [6.07, 6.45) is 0. The Hall–Kier alpha value is -1.04. The molecule has 0 unspecified atom stereocenters. The lowest BCUT2D eigenvalue weighted by molar-refractivity contribution is 0.147. The van der Waals surface area contributed by atoms with Gasteiger partial charge < -0.3 is 10.5 Å². The molecule has 0 bridgehead atoms. The highest BCUT2D eigenvalue weighted by molar-refractivity contribution is 7.80. The number of methoxy groups -OCH3 is 1. The molecule has 0 aliphatic rings. The molecule has 0 radical (unpaired) electrons. The van der Waals surface area contributed by atoms with Gasteiger partial charge in [0.1, 0.15) is 10.8 Å². The average molecular weight is 270 g/mol. The molecule has 0 atom stereocenters. The Balaban J connectivity index is 2.79. The van der Waals surface area contributed by atoms with E-state index in [0.29, 0.717) is 18.7 Å². The standard InChI is InChI=1S/C13H19FN2OS/c1-3-16(4-5-17-2)9-10-6-11(13(15)18)8-12(14)7-10/h6-8H,3-5,9H2,1-2H3,(H2,15,18). The van der Waals surface area contributed by atoms with Crippen molar-refractivity contribution in [2.45, 2.75) is 13.5 Å². The van der Waals surface area contributed by atoms with Crippen LogP contribution in [-0.2, 0) is 11.3 Å². The van der Waals surface area contributed by atoms with E-state index in [1.807, 2.05) is 6.07 Å². The summed E-state index contributed by atoms with van der Waals surface area (Å²) in [4.78, 5) is 2.39. The summed E-state index contributed by atoms with van der Waals surface area (Å²) < 4.78 is 18.5. The van der Waals surface area contributed by atoms with Crippen LogP contribution in [0.5, 0.6) is 0 Å².